The minimum Gasteiger partial charge on any atom is -0.212 e. The monoisotopic (exact) mass is 200 g/mol. The highest BCUT2D eigenvalue weighted by molar-refractivity contribution is 7.89. The molecule has 0 aromatic rings. The molecule has 1 N–H and O–H groups in total. The van der Waals surface area contributed by atoms with Gasteiger partial charge < -0.3 is 0 Å². The lowest BCUT2D eigenvalue weighted by Crippen LogP contribution is -2.33. The van der Waals surface area contributed by atoms with Crippen LogP contribution in [0, 0.1) is 23.7 Å². The van der Waals surface area contributed by atoms with Crippen molar-refractivity contribution in [1.29, 1.82) is 5.26 Å². The molecule has 0 aliphatic carbocycles. The normalized spacial score (nSPS) is 12.8. The molecule has 72 valence electrons. The highest BCUT2D eigenvalue weighted by Crippen LogP contribution is 1.94. The fourth-order valence-electron chi connectivity index (χ4n) is 0.704. The number of unbranched alkanes of at least 4 members (excludes halogenated alkanes) is 1. The molecule has 0 aromatic heterocycles. The molecule has 0 spiro atoms. The first kappa shape index (κ1) is 12.0. The summed E-state index contributed by atoms with van der Waals surface area (Å²) < 4.78 is 24.6. The van der Waals surface area contributed by atoms with Gasteiger partial charge in [-0.25, -0.2) is 13.1 Å². The number of hydrogen-bond acceptors (Lipinski definition) is 3. The number of nitriles is 1. The van der Waals surface area contributed by atoms with Crippen molar-refractivity contribution >= 4 is 10.0 Å². The predicted octanol–water partition coefficient (Wildman–Crippen LogP) is 0.231. The van der Waals surface area contributed by atoms with Crippen LogP contribution in [0.5, 0.6) is 0 Å². The SMILES string of the molecule is C#C[C@H](C)NS(=O)(=O)CCCC#N. The zero-order valence-electron chi connectivity index (χ0n) is 7.45. The molecule has 4 nitrogen and oxygen atoms in total. The molecule has 0 aromatic carbocycles. The Hall–Kier alpha value is -1.04. The van der Waals surface area contributed by atoms with Gasteiger partial charge in [0.05, 0.1) is 17.9 Å². The molecule has 0 bridgehead atoms. The number of terminal acetylenes is 1. The quantitative estimate of drug-likeness (QED) is 0.510. The molecule has 5 heteroatoms. The highest BCUT2D eigenvalue weighted by Gasteiger charge is 2.11. The third kappa shape index (κ3) is 6.15. The Kier molecular flexibility index (Phi) is 5.13. The van der Waals surface area contributed by atoms with Crippen molar-refractivity contribution in [2.75, 3.05) is 5.75 Å². The standard InChI is InChI=1S/C8H12N2O2S/c1-3-8(2)10-13(11,12)7-5-4-6-9/h1,8,10H,4-5,7H2,2H3/t8-/m0/s1. The first-order valence-corrected chi connectivity index (χ1v) is 5.50. The molecule has 0 radical (unpaired) electrons. The van der Waals surface area contributed by atoms with Crippen molar-refractivity contribution in [3.05, 3.63) is 0 Å². The average Bonchev–Trinajstić information content (AvgIpc) is 2.03. The first-order valence-electron chi connectivity index (χ1n) is 3.85. The average molecular weight is 200 g/mol. The molecule has 0 aliphatic heterocycles. The maximum absolute atomic E-state index is 11.2. The van der Waals surface area contributed by atoms with Gasteiger partial charge in [0.15, 0.2) is 0 Å². The van der Waals surface area contributed by atoms with Crippen molar-refractivity contribution in [1.82, 2.24) is 4.72 Å². The van der Waals surface area contributed by atoms with Crippen LogP contribution in [0.25, 0.3) is 0 Å². The Morgan fingerprint density at radius 2 is 2.23 bits per heavy atom. The highest BCUT2D eigenvalue weighted by atomic mass is 32.2. The number of rotatable bonds is 5. The zero-order valence-corrected chi connectivity index (χ0v) is 8.26. The Morgan fingerprint density at radius 1 is 1.62 bits per heavy atom. The van der Waals surface area contributed by atoms with E-state index in [1.807, 2.05) is 6.07 Å². The van der Waals surface area contributed by atoms with Gasteiger partial charge in [0.1, 0.15) is 0 Å². The second-order valence-electron chi connectivity index (χ2n) is 2.59. The van der Waals surface area contributed by atoms with Gasteiger partial charge in [-0.1, -0.05) is 5.92 Å². The molecular weight excluding hydrogens is 188 g/mol. The molecule has 0 saturated carbocycles. The molecule has 0 unspecified atom stereocenters. The molecule has 0 heterocycles. The summed E-state index contributed by atoms with van der Waals surface area (Å²) in [5.74, 6) is 2.21. The summed E-state index contributed by atoms with van der Waals surface area (Å²) in [5, 5.41) is 8.19. The van der Waals surface area contributed by atoms with Gasteiger partial charge >= 0.3 is 0 Å². The summed E-state index contributed by atoms with van der Waals surface area (Å²) >= 11 is 0. The van der Waals surface area contributed by atoms with Gasteiger partial charge in [-0.05, 0) is 13.3 Å². The molecule has 0 saturated heterocycles. The van der Waals surface area contributed by atoms with Crippen molar-refractivity contribution < 1.29 is 8.42 Å². The minimum atomic E-state index is -3.31. The molecule has 13 heavy (non-hydrogen) atoms. The van der Waals surface area contributed by atoms with Gasteiger partial charge in [-0.3, -0.25) is 0 Å². The maximum atomic E-state index is 11.2. The summed E-state index contributed by atoms with van der Waals surface area (Å²) in [5.41, 5.74) is 0. The molecule has 0 rings (SSSR count). The Balaban J connectivity index is 3.98. The third-order valence-electron chi connectivity index (χ3n) is 1.31. The van der Waals surface area contributed by atoms with Gasteiger partial charge in [-0.15, -0.1) is 6.42 Å². The van der Waals surface area contributed by atoms with E-state index in [-0.39, 0.29) is 12.2 Å². The van der Waals surface area contributed by atoms with Crippen molar-refractivity contribution in [3.8, 4) is 18.4 Å². The number of hydrogen-bond donors (Lipinski definition) is 1. The smallest absolute Gasteiger partial charge is 0.212 e. The van der Waals surface area contributed by atoms with E-state index < -0.39 is 16.1 Å². The van der Waals surface area contributed by atoms with Crippen LogP contribution in [0.15, 0.2) is 0 Å². The lowest BCUT2D eigenvalue weighted by molar-refractivity contribution is 0.575. The second kappa shape index (κ2) is 5.58. The number of nitrogens with zero attached hydrogens (tertiary/aromatic N) is 1. The van der Waals surface area contributed by atoms with Gasteiger partial charge in [0.2, 0.25) is 10.0 Å². The van der Waals surface area contributed by atoms with Crippen molar-refractivity contribution in [2.24, 2.45) is 0 Å². The maximum Gasteiger partial charge on any atom is 0.212 e. The van der Waals surface area contributed by atoms with E-state index in [0.717, 1.165) is 0 Å². The van der Waals surface area contributed by atoms with Crippen LogP contribution in [0.1, 0.15) is 19.8 Å². The van der Waals surface area contributed by atoms with E-state index >= 15 is 0 Å². The minimum absolute atomic E-state index is 0.0490. The Labute approximate surface area is 79.0 Å². The van der Waals surface area contributed by atoms with Crippen LogP contribution in [0.4, 0.5) is 0 Å². The third-order valence-corrected chi connectivity index (χ3v) is 2.85. The molecule has 0 fully saturated rings. The van der Waals surface area contributed by atoms with Gasteiger partial charge in [-0.2, -0.15) is 5.26 Å². The predicted molar refractivity (Wildman–Crippen MR) is 50.1 cm³/mol. The fourth-order valence-corrected chi connectivity index (χ4v) is 1.95. The van der Waals surface area contributed by atoms with Crippen LogP contribution < -0.4 is 4.72 Å². The number of sulfonamides is 1. The molecule has 0 aliphatic rings. The Bertz CT molecular complexity index is 321. The van der Waals surface area contributed by atoms with E-state index in [4.69, 9.17) is 11.7 Å². The van der Waals surface area contributed by atoms with Crippen LogP contribution in [0.2, 0.25) is 0 Å². The summed E-state index contributed by atoms with van der Waals surface area (Å²) in [7, 11) is -3.31. The second-order valence-corrected chi connectivity index (χ2v) is 4.46. The molecule has 0 amide bonds. The van der Waals surface area contributed by atoms with Crippen molar-refractivity contribution in [2.45, 2.75) is 25.8 Å². The first-order chi connectivity index (χ1) is 6.02. The summed E-state index contributed by atoms with van der Waals surface area (Å²) in [4.78, 5) is 0. The van der Waals surface area contributed by atoms with Crippen LogP contribution >= 0.6 is 0 Å². The fraction of sp³-hybridized carbons (Fsp3) is 0.625. The van der Waals surface area contributed by atoms with Crippen LogP contribution in [-0.2, 0) is 10.0 Å². The van der Waals surface area contributed by atoms with Gasteiger partial charge in [0.25, 0.3) is 0 Å². The van der Waals surface area contributed by atoms with E-state index in [1.165, 1.54) is 0 Å². The van der Waals surface area contributed by atoms with Gasteiger partial charge in [0, 0.05) is 6.42 Å². The summed E-state index contributed by atoms with van der Waals surface area (Å²) in [6, 6.07) is 1.38. The lowest BCUT2D eigenvalue weighted by atomic mass is 10.4. The van der Waals surface area contributed by atoms with Crippen LogP contribution in [0.3, 0.4) is 0 Å². The van der Waals surface area contributed by atoms with E-state index in [2.05, 4.69) is 10.6 Å². The van der Waals surface area contributed by atoms with E-state index in [0.29, 0.717) is 6.42 Å². The summed E-state index contributed by atoms with van der Waals surface area (Å²) in [6.45, 7) is 1.59. The lowest BCUT2D eigenvalue weighted by Gasteiger charge is -2.07. The van der Waals surface area contributed by atoms with E-state index in [1.54, 1.807) is 6.92 Å². The molecular formula is C8H12N2O2S. The molecule has 1 atom stereocenters. The zero-order chi connectivity index (χ0) is 10.3. The number of nitrogens with one attached hydrogen (secondary N) is 1. The van der Waals surface area contributed by atoms with E-state index in [9.17, 15) is 8.42 Å². The van der Waals surface area contributed by atoms with Crippen LogP contribution in [-0.4, -0.2) is 20.2 Å². The largest absolute Gasteiger partial charge is 0.212 e. The summed E-state index contributed by atoms with van der Waals surface area (Å²) in [6.07, 6.45) is 5.58. The van der Waals surface area contributed by atoms with Crippen molar-refractivity contribution in [3.63, 3.8) is 0 Å². The Morgan fingerprint density at radius 3 is 2.69 bits per heavy atom. The topological polar surface area (TPSA) is 70.0 Å².